The molecule has 7 aliphatic carbocycles. The summed E-state index contributed by atoms with van der Waals surface area (Å²) in [4.78, 5) is 0.0431. The van der Waals surface area contributed by atoms with E-state index in [-0.39, 0.29) is 9.80 Å². The molecular formula is C119H189N7O14. The Hall–Kier alpha value is -7.42. The third-order valence-corrected chi connectivity index (χ3v) is 17.2. The van der Waals surface area contributed by atoms with E-state index in [0.29, 0.717) is 23.9 Å². The Kier molecular flexibility index (Phi) is 13.0. The molecule has 7 N–H and O–H groups in total. The summed E-state index contributed by atoms with van der Waals surface area (Å²) in [5, 5.41) is 84.0. The molecule has 7 fully saturated rings. The summed E-state index contributed by atoms with van der Waals surface area (Å²) in [6.07, 6.45) is -148. The molecule has 21 heteroatoms. The standard InChI is InChI=1S/7C17H27NO2/c7*1-18(2)13-16(17(19)11-5-4-6-12-17)14-7-9-15(20-3)10-8-14/h7*7-10,16,19H,4-6,11-13H2,1-3H3/i1D3,4D2,5D2,6D2,7D,8D,9D,10D,11D2,12D2,13D2,16D;1D3,2D3,4D2,5D2,6D2,7D,8D,9D,10D,11D2,12D2,16D;1D3,2D3,4D2,5D2,6D2,7D,8D,9D,10D,11D2,12D2,13D2;4D2,5D2,6D2,7D,8D,9D,10D,11D2,12D2,13D2,16D;1D3,4D2,5D2,6D2,7D,8D,9D,10D,11D2,12D2,16D;1D3,4D2,5D2,6D2,7D,8D,9D,10D,11D2,12D2,13D2;4D2,5D2,6D2,7D,8D,9D,10D,11D2,12D2,16D. The molecule has 7 saturated carbocycles. The van der Waals surface area contributed by atoms with Crippen LogP contribution in [0.25, 0.3) is 0 Å². The smallest absolute Gasteiger partial charge is 0.118 e. The first-order valence-electron chi connectivity index (χ1n) is 105. The van der Waals surface area contributed by atoms with E-state index in [9.17, 15) is 42.6 Å². The maximum Gasteiger partial charge on any atom is 0.118 e. The number of methoxy groups -OCH3 is 7. The molecule has 21 nitrogen and oxygen atoms in total. The van der Waals surface area contributed by atoms with Crippen LogP contribution in [0.4, 0.5) is 0 Å². The first-order chi connectivity index (χ1) is 118. The summed E-state index contributed by atoms with van der Waals surface area (Å²) in [6.45, 7) is -46.3. The zero-order chi connectivity index (χ0) is 219. The van der Waals surface area contributed by atoms with Crippen LogP contribution in [0.5, 0.6) is 40.2 Å². The molecule has 0 bridgehead atoms. The molecule has 0 spiro atoms. The van der Waals surface area contributed by atoms with Gasteiger partial charge in [-0.15, -0.1) is 0 Å². The van der Waals surface area contributed by atoms with Gasteiger partial charge in [0, 0.05) is 229 Å². The van der Waals surface area contributed by atoms with Gasteiger partial charge in [-0.2, -0.15) is 0 Å². The van der Waals surface area contributed by atoms with E-state index in [0.717, 1.165) is 75.8 Å². The van der Waals surface area contributed by atoms with E-state index in [1.54, 1.807) is 0 Å². The fourth-order valence-corrected chi connectivity index (χ4v) is 10.9. The van der Waals surface area contributed by atoms with Gasteiger partial charge >= 0.3 is 0 Å². The molecule has 0 amide bonds. The minimum atomic E-state index is -4.83. The molecule has 0 saturated heterocycles. The lowest BCUT2D eigenvalue weighted by Crippen LogP contribution is -2.42. The Labute approximate surface area is 1030 Å². The quantitative estimate of drug-likeness (QED) is 0.0196. The summed E-state index contributed by atoms with van der Waals surface area (Å²) in [6, 6.07) is -32.8. The normalized spacial score (nSPS) is 48.4. The second-order valence-corrected chi connectivity index (χ2v) is 28.0. The first kappa shape index (κ1) is 31.1. The number of nitrogens with zero attached hydrogens (tertiary/aromatic N) is 7. The number of benzene rings is 7. The summed E-state index contributed by atoms with van der Waals surface area (Å²) in [5.74, 6) is -31.6. The van der Waals surface area contributed by atoms with Crippen molar-refractivity contribution >= 4 is 0 Å². The highest BCUT2D eigenvalue weighted by Crippen LogP contribution is 2.49. The van der Waals surface area contributed by atoms with Crippen LogP contribution in [-0.2, 0) is 0 Å². The van der Waals surface area contributed by atoms with Crippen molar-refractivity contribution in [2.24, 2.45) is 0 Å². The highest BCUT2D eigenvalue weighted by atomic mass is 16.5. The Bertz CT molecular complexity index is 11100. The third-order valence-electron chi connectivity index (χ3n) is 17.2. The van der Waals surface area contributed by atoms with E-state index >= 15 is 0 Å². The molecule has 0 aromatic heterocycles. The van der Waals surface area contributed by atoms with Crippen LogP contribution >= 0.6 is 0 Å². The average Bonchev–Trinajstić information content (AvgIpc) is 0.636. The van der Waals surface area contributed by atoms with Crippen molar-refractivity contribution in [1.82, 2.24) is 34.3 Å². The SMILES string of the molecule is [2H]c1c([2H])c(C(C([2H])([2H])N(C([2H])([2H])[2H])C([2H])([2H])[2H])C2(O)C([2H])([2H])C([2H])([2H])C([2H])([2H])C([2H])([2H])C2([2H])[2H])c([2H])c([2H])c1OC.[2H]c1c([2H])c(C(C([2H])([2H])N(C)C([2H])([2H])[2H])C2(O)C([2H])([2H])C([2H])([2H])C([2H])([2H])C([2H])([2H])C2([2H])[2H])c([2H])c([2H])c1OC.[2H]c1c([2H])c(C([2H])(C([2H])([2H])N(C)C([2H])([2H])[2H])C2(O)C([2H])([2H])C([2H])([2H])C([2H])([2H])C([2H])([2H])C2([2H])[2H])c([2H])c([2H])c1OC.[2H]c1c([2H])c(C([2H])(C([2H])([2H])N(C)C)C2(O)C([2H])([2H])C([2H])([2H])C([2H])([2H])C([2H])([2H])C2([2H])[2H])c([2H])c([2H])c1OC.[2H]c1c([2H])c(C([2H])(CN(C([2H])([2H])[2H])C([2H])([2H])[2H])C2(O)C([2H])([2H])C([2H])([2H])C([2H])([2H])C([2H])([2H])C2([2H])[2H])c([2H])c([2H])c1OC.[2H]c1c([2H])c(C([2H])(CN(C)C([2H])([2H])[2H])C2(O)C([2H])([2H])C([2H])([2H])C([2H])([2H])C([2H])([2H])C2([2H])[2H])c([2H])c([2H])c1OC.[2H]c1c([2H])c(C([2H])(CN(C)C)C2(O)C([2H])([2H])C([2H])([2H])C([2H])([2H])C([2H])([2H])C2([2H])[2H])c([2H])c([2H])c1OC. The van der Waals surface area contributed by atoms with E-state index in [4.69, 9.17) is 207 Å². The number of aliphatic hydroxyl groups is 7. The lowest BCUT2D eigenvalue weighted by Gasteiger charge is -2.40. The molecule has 7 atom stereocenters. The highest BCUT2D eigenvalue weighted by Gasteiger charge is 2.46. The number of hydrogen-bond acceptors (Lipinski definition) is 21. The van der Waals surface area contributed by atoms with Crippen LogP contribution in [0.15, 0.2) is 169 Å². The Morgan fingerprint density at radius 1 is 0.229 bits per heavy atom. The topological polar surface area (TPSA) is 229 Å². The van der Waals surface area contributed by atoms with Crippen molar-refractivity contribution in [3.05, 3.63) is 208 Å². The largest absolute Gasteiger partial charge is 0.497 e. The molecule has 784 valence electrons. The number of rotatable bonds is 35. The Balaban J connectivity index is 0.000000371. The molecule has 140 heavy (non-hydrogen) atoms. The number of ether oxygens (including phenoxy) is 7. The van der Waals surface area contributed by atoms with Crippen LogP contribution in [-0.4, -0.2) is 303 Å². The van der Waals surface area contributed by atoms with Crippen molar-refractivity contribution in [3.63, 3.8) is 0 Å². The minimum Gasteiger partial charge on any atom is -0.497 e. The molecule has 7 aliphatic rings. The first-order valence-corrected chi connectivity index (χ1v) is 39.2. The minimum absolute atomic E-state index is 0.125. The summed E-state index contributed by atoms with van der Waals surface area (Å²) >= 11 is 0. The van der Waals surface area contributed by atoms with Crippen molar-refractivity contribution in [2.75, 3.05) is 194 Å². The molecule has 14 rings (SSSR count). The van der Waals surface area contributed by atoms with Crippen LogP contribution in [0.3, 0.4) is 0 Å². The predicted octanol–water partition coefficient (Wildman–Crippen LogP) is 21.2. The van der Waals surface area contributed by atoms with Crippen LogP contribution in [0, 0.1) is 0 Å². The van der Waals surface area contributed by atoms with E-state index in [1.807, 2.05) is 0 Å². The zero-order valence-corrected chi connectivity index (χ0v) is 76.4. The van der Waals surface area contributed by atoms with Gasteiger partial charge in [0.25, 0.3) is 0 Å². The van der Waals surface area contributed by atoms with Crippen molar-refractivity contribution in [2.45, 2.75) is 304 Å². The second kappa shape index (κ2) is 58.7. The van der Waals surface area contributed by atoms with Gasteiger partial charge in [-0.05, 0) is 311 Å². The Morgan fingerprint density at radius 2 is 0.400 bits per heavy atom. The number of hydrogen-bond donors (Lipinski definition) is 7. The van der Waals surface area contributed by atoms with Gasteiger partial charge in [-0.1, -0.05) is 218 Å². The van der Waals surface area contributed by atoms with Gasteiger partial charge in [-0.3, -0.25) is 0 Å². The lowest BCUT2D eigenvalue weighted by atomic mass is 9.72. The lowest BCUT2D eigenvalue weighted by molar-refractivity contribution is -0.0280. The van der Waals surface area contributed by atoms with Gasteiger partial charge in [-0.25, -0.2) is 0 Å². The van der Waals surface area contributed by atoms with Crippen molar-refractivity contribution < 1.29 is 250 Å². The van der Waals surface area contributed by atoms with Crippen LogP contribution < -0.4 is 33.2 Å². The summed E-state index contributed by atoms with van der Waals surface area (Å²) in [7, 11) is 13.0. The molecule has 0 radical (unpaired) electrons. The zero-order valence-electron chi connectivity index (χ0n) is 208. The second-order valence-electron chi connectivity index (χ2n) is 28.0. The van der Waals surface area contributed by atoms with Crippen molar-refractivity contribution in [1.29, 1.82) is 0 Å². The molecular weight excluding hydrogens is 1750 g/mol. The van der Waals surface area contributed by atoms with Gasteiger partial charge in [0.15, 0.2) is 0 Å². The third kappa shape index (κ3) is 36.7. The van der Waals surface area contributed by atoms with Crippen LogP contribution in [0.2, 0.25) is 0 Å². The fourth-order valence-electron chi connectivity index (χ4n) is 10.9. The number of likely N-dealkylation sites (N-methyl/N-ethyl adjacent to an activating group) is 7. The molecule has 7 unspecified atom stereocenters. The Morgan fingerprint density at radius 3 is 0.607 bits per heavy atom. The van der Waals surface area contributed by atoms with E-state index < -0.39 is 656 Å². The highest BCUT2D eigenvalue weighted by molar-refractivity contribution is 5.38. The monoisotopic (exact) mass is 2070 g/mol. The van der Waals surface area contributed by atoms with Crippen molar-refractivity contribution in [3.8, 4) is 40.2 Å². The molecule has 0 heterocycles. The van der Waals surface area contributed by atoms with Gasteiger partial charge in [0.2, 0.25) is 0 Å². The van der Waals surface area contributed by atoms with Gasteiger partial charge < -0.3 is 103 Å². The van der Waals surface area contributed by atoms with Crippen LogP contribution in [0.1, 0.15) is 484 Å². The summed E-state index contributed by atoms with van der Waals surface area (Å²) < 4.78 is 1120. The average molecular weight is 2070 g/mol. The molecule has 0 aliphatic heterocycles. The summed E-state index contributed by atoms with van der Waals surface area (Å²) in [5.41, 5.74) is -41.5. The molecule has 7 aromatic rings. The maximum absolute atomic E-state index is 12.1. The fraction of sp³-hybridized carbons (Fsp3) is 0.647. The van der Waals surface area contributed by atoms with E-state index in [1.165, 1.54) is 14.1 Å². The molecule has 7 aromatic carbocycles. The van der Waals surface area contributed by atoms with Gasteiger partial charge in [0.1, 0.15) is 40.2 Å². The van der Waals surface area contributed by atoms with E-state index in [2.05, 4.69) is 0 Å². The van der Waals surface area contributed by atoms with Gasteiger partial charge in [0.05, 0.1) is 127 Å². The maximum atomic E-state index is 12.1. The predicted molar refractivity (Wildman–Crippen MR) is 576 cm³/mol.